The Balaban J connectivity index is 2.27. The highest BCUT2D eigenvalue weighted by atomic mass is 28.4. The van der Waals surface area contributed by atoms with Crippen LogP contribution in [0.25, 0.3) is 6.08 Å². The number of ether oxygens (including phenoxy) is 2. The number of aliphatic carboxylic acids is 1. The fraction of sp³-hybridized carbons (Fsp3) is 0.625. The summed E-state index contributed by atoms with van der Waals surface area (Å²) in [6.07, 6.45) is 9.02. The zero-order valence-electron chi connectivity index (χ0n) is 20.0. The summed E-state index contributed by atoms with van der Waals surface area (Å²) in [7, 11) is -0.942. The summed E-state index contributed by atoms with van der Waals surface area (Å²) < 4.78 is 28.9. The van der Waals surface area contributed by atoms with E-state index in [1.54, 1.807) is 25.3 Å². The lowest BCUT2D eigenvalue weighted by molar-refractivity contribution is -0.297. The Morgan fingerprint density at radius 2 is 1.50 bits per heavy atom. The molecule has 0 aliphatic carbocycles. The van der Waals surface area contributed by atoms with E-state index in [0.717, 1.165) is 50.6 Å². The van der Waals surface area contributed by atoms with Gasteiger partial charge in [0.05, 0.1) is 19.7 Å². The van der Waals surface area contributed by atoms with Crippen LogP contribution in [0.4, 0.5) is 0 Å². The average Bonchev–Trinajstić information content (AvgIpc) is 2.77. The van der Waals surface area contributed by atoms with Crippen molar-refractivity contribution >= 4 is 20.8 Å². The van der Waals surface area contributed by atoms with Crippen molar-refractivity contribution in [3.8, 4) is 11.5 Å². The zero-order valence-corrected chi connectivity index (χ0v) is 21.0. The molecule has 0 N–H and O–H groups in total. The number of carboxylic acid groups (broad SMARTS) is 1. The summed E-state index contributed by atoms with van der Waals surface area (Å²) >= 11 is 0. The number of benzene rings is 1. The molecule has 32 heavy (non-hydrogen) atoms. The van der Waals surface area contributed by atoms with Gasteiger partial charge in [0.2, 0.25) is 0 Å². The Kier molecular flexibility index (Phi) is 14.7. The second-order valence-corrected chi connectivity index (χ2v) is 10.00. The van der Waals surface area contributed by atoms with Gasteiger partial charge in [0.1, 0.15) is 0 Å². The van der Waals surface area contributed by atoms with Crippen molar-refractivity contribution < 1.29 is 32.7 Å². The lowest BCUT2D eigenvalue weighted by atomic mass is 10.1. The van der Waals surface area contributed by atoms with Crippen molar-refractivity contribution in [2.45, 2.75) is 65.3 Å². The molecule has 0 saturated heterocycles. The molecule has 0 atom stereocenters. The average molecular weight is 468 g/mol. The second kappa shape index (κ2) is 16.7. The van der Waals surface area contributed by atoms with Crippen LogP contribution in [-0.4, -0.2) is 48.3 Å². The van der Waals surface area contributed by atoms with Crippen LogP contribution < -0.4 is 14.6 Å². The van der Waals surface area contributed by atoms with Gasteiger partial charge in [0, 0.05) is 25.9 Å². The molecule has 1 aromatic rings. The van der Waals surface area contributed by atoms with Crippen molar-refractivity contribution in [3.05, 3.63) is 29.8 Å². The molecule has 0 fully saturated rings. The van der Waals surface area contributed by atoms with Gasteiger partial charge >= 0.3 is 8.80 Å². The van der Waals surface area contributed by atoms with Gasteiger partial charge in [-0.3, -0.25) is 0 Å². The number of hydrogen-bond acceptors (Lipinski definition) is 7. The van der Waals surface area contributed by atoms with Gasteiger partial charge in [0.15, 0.2) is 11.5 Å². The maximum atomic E-state index is 10.5. The van der Waals surface area contributed by atoms with E-state index in [9.17, 15) is 9.90 Å². The van der Waals surface area contributed by atoms with Crippen LogP contribution in [0.15, 0.2) is 24.3 Å². The van der Waals surface area contributed by atoms with Crippen molar-refractivity contribution in [2.75, 3.05) is 33.5 Å². The first-order valence-corrected chi connectivity index (χ1v) is 13.5. The summed E-state index contributed by atoms with van der Waals surface area (Å²) in [6, 6.07) is 6.19. The molecule has 0 radical (unpaired) electrons. The smallest absolute Gasteiger partial charge is 0.500 e. The molecule has 7 nitrogen and oxygen atoms in total. The highest BCUT2D eigenvalue weighted by Gasteiger charge is 2.39. The van der Waals surface area contributed by atoms with Crippen LogP contribution in [0.2, 0.25) is 6.04 Å². The maximum Gasteiger partial charge on any atom is 0.500 e. The Hall–Kier alpha value is -1.87. The highest BCUT2D eigenvalue weighted by Crippen LogP contribution is 2.29. The maximum absolute atomic E-state index is 10.5. The molecule has 1 aromatic carbocycles. The van der Waals surface area contributed by atoms with Crippen molar-refractivity contribution in [3.63, 3.8) is 0 Å². The summed E-state index contributed by atoms with van der Waals surface area (Å²) in [5, 5.41) is 10.5. The first kappa shape index (κ1) is 28.2. The van der Waals surface area contributed by atoms with Crippen LogP contribution in [0, 0.1) is 0 Å². The topological polar surface area (TPSA) is 86.3 Å². The number of methoxy groups -OCH3 is 1. The Bertz CT molecular complexity index is 661. The number of carboxylic acids is 1. The van der Waals surface area contributed by atoms with Gasteiger partial charge in [-0.25, -0.2) is 0 Å². The number of carbonyl (C=O) groups is 1. The summed E-state index contributed by atoms with van der Waals surface area (Å²) in [5.41, 5.74) is 0.712. The van der Waals surface area contributed by atoms with E-state index in [4.69, 9.17) is 22.8 Å². The Morgan fingerprint density at radius 1 is 0.906 bits per heavy atom. The fourth-order valence-electron chi connectivity index (χ4n) is 3.41. The van der Waals surface area contributed by atoms with Crippen LogP contribution in [0.3, 0.4) is 0 Å². The minimum atomic E-state index is -2.51. The molecule has 0 aliphatic heterocycles. The molecule has 0 aromatic heterocycles. The second-order valence-electron chi connectivity index (χ2n) is 7.26. The minimum absolute atomic E-state index is 0.580. The Labute approximate surface area is 194 Å². The molecule has 0 amide bonds. The summed E-state index contributed by atoms with van der Waals surface area (Å²) in [5.74, 6) is 0.00165. The monoisotopic (exact) mass is 467 g/mol. The van der Waals surface area contributed by atoms with Crippen molar-refractivity contribution in [1.29, 1.82) is 0 Å². The molecule has 0 aliphatic rings. The predicted octanol–water partition coefficient (Wildman–Crippen LogP) is 4.23. The van der Waals surface area contributed by atoms with E-state index < -0.39 is 14.8 Å². The van der Waals surface area contributed by atoms with Crippen LogP contribution in [-0.2, 0) is 18.1 Å². The third kappa shape index (κ3) is 11.1. The molecule has 0 spiro atoms. The van der Waals surface area contributed by atoms with Gasteiger partial charge < -0.3 is 32.7 Å². The molecular weight excluding hydrogens is 428 g/mol. The van der Waals surface area contributed by atoms with E-state index in [-0.39, 0.29) is 0 Å². The van der Waals surface area contributed by atoms with E-state index in [0.29, 0.717) is 43.5 Å². The lowest BCUT2D eigenvalue weighted by Gasteiger charge is -2.28. The molecule has 8 heteroatoms. The van der Waals surface area contributed by atoms with Gasteiger partial charge in [-0.05, 0) is 57.4 Å². The van der Waals surface area contributed by atoms with E-state index in [1.165, 1.54) is 6.08 Å². The number of hydrogen-bond donors (Lipinski definition) is 0. The summed E-state index contributed by atoms with van der Waals surface area (Å²) in [4.78, 5) is 10.5. The minimum Gasteiger partial charge on any atom is -0.545 e. The lowest BCUT2D eigenvalue weighted by Crippen LogP contribution is -2.45. The quantitative estimate of drug-likeness (QED) is 0.171. The first-order valence-electron chi connectivity index (χ1n) is 11.6. The van der Waals surface area contributed by atoms with E-state index in [2.05, 4.69) is 0 Å². The number of unbranched alkanes of at least 4 members (excludes halogenated alkanes) is 5. The van der Waals surface area contributed by atoms with Crippen molar-refractivity contribution in [1.82, 2.24) is 0 Å². The number of rotatable bonds is 19. The third-order valence-electron chi connectivity index (χ3n) is 4.83. The standard InChI is InChI=1S/C24H40O7Si/c1-5-29-32(30-6-2,31-7-3)19-13-11-9-8-10-12-18-28-22-16-14-21(15-17-24(25)26)20-23(22)27-4/h14-17,20H,5-13,18-19H2,1-4H3,(H,25,26)/p-1/b17-15+. The molecule has 1 rings (SSSR count). The van der Waals surface area contributed by atoms with E-state index in [1.807, 2.05) is 20.8 Å². The zero-order chi connectivity index (χ0) is 23.7. The molecule has 0 heterocycles. The molecular formula is C24H39O7Si-. The fourth-order valence-corrected chi connectivity index (χ4v) is 6.09. The van der Waals surface area contributed by atoms with Gasteiger partial charge in [-0.1, -0.05) is 37.8 Å². The summed E-state index contributed by atoms with van der Waals surface area (Å²) in [6.45, 7) is 8.43. The Morgan fingerprint density at radius 3 is 2.06 bits per heavy atom. The van der Waals surface area contributed by atoms with Crippen molar-refractivity contribution in [2.24, 2.45) is 0 Å². The van der Waals surface area contributed by atoms with Gasteiger partial charge in [-0.2, -0.15) is 0 Å². The molecule has 0 unspecified atom stereocenters. The van der Waals surface area contributed by atoms with E-state index >= 15 is 0 Å². The molecule has 182 valence electrons. The molecule has 0 saturated carbocycles. The normalized spacial score (nSPS) is 11.8. The van der Waals surface area contributed by atoms with Crippen LogP contribution in [0.1, 0.15) is 64.9 Å². The van der Waals surface area contributed by atoms with Crippen LogP contribution >= 0.6 is 0 Å². The first-order chi connectivity index (χ1) is 15.5. The number of carbonyl (C=O) groups excluding carboxylic acids is 1. The van der Waals surface area contributed by atoms with Gasteiger partial charge in [-0.15, -0.1) is 0 Å². The largest absolute Gasteiger partial charge is 0.545 e. The molecule has 0 bridgehead atoms. The van der Waals surface area contributed by atoms with Gasteiger partial charge in [0.25, 0.3) is 0 Å². The third-order valence-corrected chi connectivity index (χ3v) is 7.98. The van der Waals surface area contributed by atoms with Crippen LogP contribution in [0.5, 0.6) is 11.5 Å². The highest BCUT2D eigenvalue weighted by molar-refractivity contribution is 6.60. The SMILES string of the molecule is CCO[Si](CCCCCCCCOc1ccc(/C=C/C(=O)[O-])cc1OC)(OCC)OCC. The predicted molar refractivity (Wildman–Crippen MR) is 126 cm³/mol.